The van der Waals surface area contributed by atoms with Gasteiger partial charge in [0.1, 0.15) is 0 Å². The lowest BCUT2D eigenvalue weighted by atomic mass is 10.1. The van der Waals surface area contributed by atoms with E-state index in [1.54, 1.807) is 0 Å². The lowest BCUT2D eigenvalue weighted by Crippen LogP contribution is -2.49. The predicted molar refractivity (Wildman–Crippen MR) is 95.3 cm³/mol. The van der Waals surface area contributed by atoms with Crippen LogP contribution in [0.3, 0.4) is 0 Å². The molecule has 0 unspecified atom stereocenters. The molecule has 0 radical (unpaired) electrons. The van der Waals surface area contributed by atoms with Gasteiger partial charge in [0.25, 0.3) is 0 Å². The van der Waals surface area contributed by atoms with Crippen LogP contribution in [0.4, 0.5) is 0 Å². The van der Waals surface area contributed by atoms with Crippen molar-refractivity contribution < 1.29 is 4.79 Å². The maximum atomic E-state index is 12.2. The summed E-state index contributed by atoms with van der Waals surface area (Å²) in [6, 6.07) is 10.6. The maximum absolute atomic E-state index is 12.2. The van der Waals surface area contributed by atoms with Gasteiger partial charge in [0.05, 0.1) is 0 Å². The fraction of sp³-hybridized carbons (Fsp3) is 0.632. The van der Waals surface area contributed by atoms with Crippen molar-refractivity contribution in [3.8, 4) is 0 Å². The normalized spacial score (nSPS) is 15.8. The summed E-state index contributed by atoms with van der Waals surface area (Å²) in [6.07, 6.45) is 6.16. The van der Waals surface area contributed by atoms with Gasteiger partial charge in [0, 0.05) is 39.1 Å². The zero-order chi connectivity index (χ0) is 16.3. The second-order valence-corrected chi connectivity index (χ2v) is 6.41. The molecule has 128 valence electrons. The Hall–Kier alpha value is -1.39. The highest BCUT2D eigenvalue weighted by Crippen LogP contribution is 2.09. The zero-order valence-electron chi connectivity index (χ0n) is 14.3. The van der Waals surface area contributed by atoms with Crippen molar-refractivity contribution in [1.29, 1.82) is 0 Å². The quantitative estimate of drug-likeness (QED) is 0.711. The van der Waals surface area contributed by atoms with Crippen LogP contribution in [0.1, 0.15) is 37.7 Å². The minimum Gasteiger partial charge on any atom is -0.340 e. The molecule has 0 aliphatic carbocycles. The van der Waals surface area contributed by atoms with Gasteiger partial charge in [-0.25, -0.2) is 0 Å². The number of hydrogen-bond donors (Lipinski definition) is 1. The highest BCUT2D eigenvalue weighted by molar-refractivity contribution is 5.76. The fourth-order valence-corrected chi connectivity index (χ4v) is 3.08. The monoisotopic (exact) mass is 317 g/mol. The molecule has 1 aliphatic heterocycles. The Labute approximate surface area is 140 Å². The van der Waals surface area contributed by atoms with Crippen molar-refractivity contribution in [3.63, 3.8) is 0 Å². The summed E-state index contributed by atoms with van der Waals surface area (Å²) in [5.74, 6) is 0.334. The summed E-state index contributed by atoms with van der Waals surface area (Å²) in [5, 5.41) is 0. The summed E-state index contributed by atoms with van der Waals surface area (Å²) >= 11 is 0. The van der Waals surface area contributed by atoms with Crippen molar-refractivity contribution in [1.82, 2.24) is 9.80 Å². The van der Waals surface area contributed by atoms with E-state index in [0.29, 0.717) is 12.3 Å². The third-order valence-corrected chi connectivity index (χ3v) is 4.63. The predicted octanol–water partition coefficient (Wildman–Crippen LogP) is 2.28. The van der Waals surface area contributed by atoms with Crippen molar-refractivity contribution in [2.24, 2.45) is 5.73 Å². The molecule has 0 atom stereocenters. The van der Waals surface area contributed by atoms with E-state index in [4.69, 9.17) is 5.73 Å². The first kappa shape index (κ1) is 18.0. The number of piperazine rings is 1. The number of benzene rings is 1. The standard InChI is InChI=1S/C19H31N3O/c20-12-7-2-1-6-10-19(23)22-16-14-21(15-17-22)13-11-18-8-4-3-5-9-18/h3-5,8-9H,1-2,6-7,10-17,20H2. The van der Waals surface area contributed by atoms with Gasteiger partial charge in [-0.3, -0.25) is 9.69 Å². The summed E-state index contributed by atoms with van der Waals surface area (Å²) < 4.78 is 0. The van der Waals surface area contributed by atoms with Crippen LogP contribution in [0.5, 0.6) is 0 Å². The number of carbonyl (C=O) groups excluding carboxylic acids is 1. The third kappa shape index (κ3) is 6.71. The third-order valence-electron chi connectivity index (χ3n) is 4.63. The van der Waals surface area contributed by atoms with Crippen LogP contribution in [0.15, 0.2) is 30.3 Å². The smallest absolute Gasteiger partial charge is 0.222 e. The van der Waals surface area contributed by atoms with E-state index in [9.17, 15) is 4.79 Å². The molecule has 1 fully saturated rings. The molecular weight excluding hydrogens is 286 g/mol. The molecule has 1 heterocycles. The van der Waals surface area contributed by atoms with Crippen LogP contribution in [0.2, 0.25) is 0 Å². The summed E-state index contributed by atoms with van der Waals surface area (Å²) in [5.41, 5.74) is 6.87. The molecule has 1 aromatic rings. The van der Waals surface area contributed by atoms with Gasteiger partial charge in [-0.05, 0) is 31.4 Å². The van der Waals surface area contributed by atoms with Gasteiger partial charge in [0.2, 0.25) is 5.91 Å². The summed E-state index contributed by atoms with van der Waals surface area (Å²) in [7, 11) is 0. The van der Waals surface area contributed by atoms with E-state index >= 15 is 0 Å². The first-order valence-corrected chi connectivity index (χ1v) is 9.03. The number of nitrogens with two attached hydrogens (primary N) is 1. The number of nitrogens with zero attached hydrogens (tertiary/aromatic N) is 2. The molecule has 1 aromatic carbocycles. The second kappa shape index (κ2) is 10.4. The maximum Gasteiger partial charge on any atom is 0.222 e. The van der Waals surface area contributed by atoms with Crippen LogP contribution in [0.25, 0.3) is 0 Å². The van der Waals surface area contributed by atoms with Crippen molar-refractivity contribution in [3.05, 3.63) is 35.9 Å². The number of rotatable bonds is 9. The van der Waals surface area contributed by atoms with Gasteiger partial charge in [-0.1, -0.05) is 43.2 Å². The molecule has 0 bridgehead atoms. The molecule has 1 saturated heterocycles. The van der Waals surface area contributed by atoms with E-state index in [0.717, 1.165) is 71.4 Å². The van der Waals surface area contributed by atoms with Crippen molar-refractivity contribution >= 4 is 5.91 Å². The minimum absolute atomic E-state index is 0.334. The van der Waals surface area contributed by atoms with Gasteiger partial charge < -0.3 is 10.6 Å². The van der Waals surface area contributed by atoms with Crippen LogP contribution >= 0.6 is 0 Å². The van der Waals surface area contributed by atoms with E-state index in [1.165, 1.54) is 5.56 Å². The molecular formula is C19H31N3O. The molecule has 23 heavy (non-hydrogen) atoms. The molecule has 4 nitrogen and oxygen atoms in total. The van der Waals surface area contributed by atoms with Crippen LogP contribution in [0, 0.1) is 0 Å². The minimum atomic E-state index is 0.334. The SMILES string of the molecule is NCCCCCCC(=O)N1CCN(CCc2ccccc2)CC1. The second-order valence-electron chi connectivity index (χ2n) is 6.41. The molecule has 4 heteroatoms. The largest absolute Gasteiger partial charge is 0.340 e. The first-order valence-electron chi connectivity index (χ1n) is 9.03. The van der Waals surface area contributed by atoms with E-state index < -0.39 is 0 Å². The van der Waals surface area contributed by atoms with E-state index in [2.05, 4.69) is 35.2 Å². The van der Waals surface area contributed by atoms with Crippen molar-refractivity contribution in [2.75, 3.05) is 39.3 Å². The van der Waals surface area contributed by atoms with Crippen LogP contribution in [-0.2, 0) is 11.2 Å². The van der Waals surface area contributed by atoms with Crippen LogP contribution < -0.4 is 5.73 Å². The van der Waals surface area contributed by atoms with E-state index in [1.807, 2.05) is 4.90 Å². The molecule has 0 aromatic heterocycles. The molecule has 2 rings (SSSR count). The molecule has 0 spiro atoms. The fourth-order valence-electron chi connectivity index (χ4n) is 3.08. The Morgan fingerprint density at radius 2 is 1.65 bits per heavy atom. The summed E-state index contributed by atoms with van der Waals surface area (Å²) in [4.78, 5) is 16.7. The van der Waals surface area contributed by atoms with Gasteiger partial charge in [0.15, 0.2) is 0 Å². The lowest BCUT2D eigenvalue weighted by Gasteiger charge is -2.34. The number of unbranched alkanes of at least 4 members (excludes halogenated alkanes) is 3. The zero-order valence-corrected chi connectivity index (χ0v) is 14.3. The Bertz CT molecular complexity index is 441. The molecule has 1 amide bonds. The average Bonchev–Trinajstić information content (AvgIpc) is 2.61. The highest BCUT2D eigenvalue weighted by Gasteiger charge is 2.20. The molecule has 2 N–H and O–H groups in total. The Morgan fingerprint density at radius 3 is 2.35 bits per heavy atom. The van der Waals surface area contributed by atoms with Crippen LogP contribution in [-0.4, -0.2) is 55.0 Å². The average molecular weight is 317 g/mol. The van der Waals surface area contributed by atoms with E-state index in [-0.39, 0.29) is 0 Å². The Kier molecular flexibility index (Phi) is 8.12. The molecule has 0 saturated carbocycles. The highest BCUT2D eigenvalue weighted by atomic mass is 16.2. The number of hydrogen-bond acceptors (Lipinski definition) is 3. The molecule has 1 aliphatic rings. The Balaban J connectivity index is 1.58. The lowest BCUT2D eigenvalue weighted by molar-refractivity contribution is -0.133. The van der Waals surface area contributed by atoms with Crippen molar-refractivity contribution in [2.45, 2.75) is 38.5 Å². The summed E-state index contributed by atoms with van der Waals surface area (Å²) in [6.45, 7) is 5.63. The number of carbonyl (C=O) groups is 1. The van der Waals surface area contributed by atoms with Gasteiger partial charge in [-0.2, -0.15) is 0 Å². The topological polar surface area (TPSA) is 49.6 Å². The first-order chi connectivity index (χ1) is 11.3. The Morgan fingerprint density at radius 1 is 0.957 bits per heavy atom. The number of amides is 1. The van der Waals surface area contributed by atoms with Gasteiger partial charge >= 0.3 is 0 Å². The van der Waals surface area contributed by atoms with Gasteiger partial charge in [-0.15, -0.1) is 0 Å².